The summed E-state index contributed by atoms with van der Waals surface area (Å²) in [5.74, 6) is 1.09. The van der Waals surface area contributed by atoms with Gasteiger partial charge in [0.25, 0.3) is 0 Å². The Kier molecular flexibility index (Phi) is 3.53. The number of ether oxygens (including phenoxy) is 1. The lowest BCUT2D eigenvalue weighted by Gasteiger charge is -2.28. The second-order valence-corrected chi connectivity index (χ2v) is 6.68. The summed E-state index contributed by atoms with van der Waals surface area (Å²) in [5.41, 5.74) is 3.30. The highest BCUT2D eigenvalue weighted by molar-refractivity contribution is 5.39. The minimum atomic E-state index is 0.478. The maximum absolute atomic E-state index is 5.55. The van der Waals surface area contributed by atoms with Gasteiger partial charge in [0.15, 0.2) is 0 Å². The minimum Gasteiger partial charge on any atom is -0.493 e. The van der Waals surface area contributed by atoms with Crippen LogP contribution in [-0.4, -0.2) is 19.2 Å². The fraction of sp³-hybridized carbons (Fsp3) is 0.647. The average Bonchev–Trinajstić information content (AvgIpc) is 2.95. The predicted molar refractivity (Wildman–Crippen MR) is 78.8 cm³/mol. The van der Waals surface area contributed by atoms with E-state index in [1.807, 2.05) is 0 Å². The molecule has 2 heteroatoms. The van der Waals surface area contributed by atoms with Gasteiger partial charge in [0, 0.05) is 12.5 Å². The second-order valence-electron chi connectivity index (χ2n) is 6.68. The van der Waals surface area contributed by atoms with E-state index in [1.54, 1.807) is 0 Å². The van der Waals surface area contributed by atoms with Gasteiger partial charge in [-0.2, -0.15) is 0 Å². The number of rotatable bonds is 4. The van der Waals surface area contributed by atoms with Gasteiger partial charge in [0.1, 0.15) is 5.75 Å². The molecular weight excluding hydrogens is 234 g/mol. The zero-order valence-electron chi connectivity index (χ0n) is 12.2. The van der Waals surface area contributed by atoms with E-state index in [-0.39, 0.29) is 0 Å². The van der Waals surface area contributed by atoms with Crippen LogP contribution >= 0.6 is 0 Å². The van der Waals surface area contributed by atoms with Crippen molar-refractivity contribution in [2.75, 3.05) is 13.2 Å². The summed E-state index contributed by atoms with van der Waals surface area (Å²) in [6.45, 7) is 6.73. The molecule has 0 bridgehead atoms. The first-order valence-electron chi connectivity index (χ1n) is 7.63. The molecule has 1 N–H and O–H groups in total. The fourth-order valence-corrected chi connectivity index (χ4v) is 3.49. The SMILES string of the molecule is CC1(C)CCCC1NCCc1ccc2c(c1)CCO2. The van der Waals surface area contributed by atoms with Crippen molar-refractivity contribution in [3.05, 3.63) is 29.3 Å². The van der Waals surface area contributed by atoms with Gasteiger partial charge < -0.3 is 10.1 Å². The third kappa shape index (κ3) is 2.79. The lowest BCUT2D eigenvalue weighted by atomic mass is 9.87. The lowest BCUT2D eigenvalue weighted by Crippen LogP contribution is -2.38. The van der Waals surface area contributed by atoms with Crippen LogP contribution in [0.3, 0.4) is 0 Å². The summed E-state index contributed by atoms with van der Waals surface area (Å²) in [4.78, 5) is 0. The molecular formula is C17H25NO. The molecule has 1 aromatic rings. The van der Waals surface area contributed by atoms with Gasteiger partial charge >= 0.3 is 0 Å². The van der Waals surface area contributed by atoms with Crippen molar-refractivity contribution in [2.24, 2.45) is 5.41 Å². The van der Waals surface area contributed by atoms with Crippen molar-refractivity contribution in [3.63, 3.8) is 0 Å². The molecule has 104 valence electrons. The zero-order chi connectivity index (χ0) is 13.3. The van der Waals surface area contributed by atoms with Crippen LogP contribution in [0.2, 0.25) is 0 Å². The Balaban J connectivity index is 1.53. The Hall–Kier alpha value is -1.02. The maximum Gasteiger partial charge on any atom is 0.122 e. The number of hydrogen-bond acceptors (Lipinski definition) is 2. The van der Waals surface area contributed by atoms with Gasteiger partial charge in [-0.1, -0.05) is 32.4 Å². The van der Waals surface area contributed by atoms with E-state index < -0.39 is 0 Å². The highest BCUT2D eigenvalue weighted by atomic mass is 16.5. The van der Waals surface area contributed by atoms with Crippen LogP contribution in [-0.2, 0) is 12.8 Å². The lowest BCUT2D eigenvalue weighted by molar-refractivity contribution is 0.285. The van der Waals surface area contributed by atoms with Gasteiger partial charge in [-0.15, -0.1) is 0 Å². The first kappa shape index (κ1) is 13.0. The summed E-state index contributed by atoms with van der Waals surface area (Å²) in [5, 5.41) is 3.76. The maximum atomic E-state index is 5.55. The summed E-state index contributed by atoms with van der Waals surface area (Å²) in [6.07, 6.45) is 6.28. The molecule has 2 nitrogen and oxygen atoms in total. The zero-order valence-corrected chi connectivity index (χ0v) is 12.2. The van der Waals surface area contributed by atoms with E-state index >= 15 is 0 Å². The van der Waals surface area contributed by atoms with Crippen molar-refractivity contribution < 1.29 is 4.74 Å². The van der Waals surface area contributed by atoms with E-state index in [1.165, 1.54) is 30.4 Å². The van der Waals surface area contributed by atoms with E-state index in [2.05, 4.69) is 37.4 Å². The number of fused-ring (bicyclic) bond motifs is 1. The van der Waals surface area contributed by atoms with Gasteiger partial charge in [-0.25, -0.2) is 0 Å². The van der Waals surface area contributed by atoms with Crippen LogP contribution in [0.4, 0.5) is 0 Å². The Morgan fingerprint density at radius 2 is 2.26 bits per heavy atom. The quantitative estimate of drug-likeness (QED) is 0.895. The number of hydrogen-bond donors (Lipinski definition) is 1. The summed E-state index contributed by atoms with van der Waals surface area (Å²) < 4.78 is 5.55. The highest BCUT2D eigenvalue weighted by Crippen LogP contribution is 2.37. The monoisotopic (exact) mass is 259 g/mol. The largest absolute Gasteiger partial charge is 0.493 e. The van der Waals surface area contributed by atoms with E-state index in [4.69, 9.17) is 4.74 Å². The number of benzene rings is 1. The molecule has 2 aliphatic rings. The van der Waals surface area contributed by atoms with Crippen molar-refractivity contribution in [1.82, 2.24) is 5.32 Å². The molecule has 1 aliphatic heterocycles. The fourth-order valence-electron chi connectivity index (χ4n) is 3.49. The van der Waals surface area contributed by atoms with Crippen molar-refractivity contribution in [1.29, 1.82) is 0 Å². The average molecular weight is 259 g/mol. The summed E-state index contributed by atoms with van der Waals surface area (Å²) in [7, 11) is 0. The molecule has 1 aromatic carbocycles. The van der Waals surface area contributed by atoms with E-state index in [9.17, 15) is 0 Å². The summed E-state index contributed by atoms with van der Waals surface area (Å²) >= 11 is 0. The standard InChI is InChI=1S/C17H25NO/c1-17(2)9-3-4-16(17)18-10-7-13-5-6-15-14(12-13)8-11-19-15/h5-6,12,16,18H,3-4,7-11H2,1-2H3. The van der Waals surface area contributed by atoms with Crippen molar-refractivity contribution >= 4 is 0 Å². The van der Waals surface area contributed by atoms with Gasteiger partial charge in [-0.05, 0) is 48.4 Å². The Bertz CT molecular complexity index is 453. The Labute approximate surface area is 116 Å². The topological polar surface area (TPSA) is 21.3 Å². The van der Waals surface area contributed by atoms with E-state index in [0.717, 1.165) is 31.7 Å². The molecule has 1 atom stereocenters. The molecule has 1 heterocycles. The number of nitrogens with one attached hydrogen (secondary N) is 1. The highest BCUT2D eigenvalue weighted by Gasteiger charge is 2.33. The molecule has 0 radical (unpaired) electrons. The van der Waals surface area contributed by atoms with Gasteiger partial charge in [0.05, 0.1) is 6.61 Å². The van der Waals surface area contributed by atoms with E-state index in [0.29, 0.717) is 11.5 Å². The molecule has 1 aliphatic carbocycles. The van der Waals surface area contributed by atoms with Crippen LogP contribution in [0.5, 0.6) is 5.75 Å². The first-order chi connectivity index (χ1) is 9.15. The smallest absolute Gasteiger partial charge is 0.122 e. The second kappa shape index (κ2) is 5.16. The molecule has 3 rings (SSSR count). The van der Waals surface area contributed by atoms with Crippen LogP contribution in [0, 0.1) is 5.41 Å². The van der Waals surface area contributed by atoms with Crippen LogP contribution < -0.4 is 10.1 Å². The predicted octanol–water partition coefficient (Wildman–Crippen LogP) is 3.33. The Morgan fingerprint density at radius 1 is 1.37 bits per heavy atom. The third-order valence-corrected chi connectivity index (χ3v) is 4.82. The third-order valence-electron chi connectivity index (χ3n) is 4.82. The van der Waals surface area contributed by atoms with Crippen molar-refractivity contribution in [3.8, 4) is 5.75 Å². The first-order valence-corrected chi connectivity index (χ1v) is 7.63. The van der Waals surface area contributed by atoms with Gasteiger partial charge in [0.2, 0.25) is 0 Å². The van der Waals surface area contributed by atoms with Crippen LogP contribution in [0.15, 0.2) is 18.2 Å². The minimum absolute atomic E-state index is 0.478. The molecule has 0 spiro atoms. The molecule has 1 fully saturated rings. The molecule has 19 heavy (non-hydrogen) atoms. The molecule has 0 saturated heterocycles. The Morgan fingerprint density at radius 3 is 3.05 bits per heavy atom. The summed E-state index contributed by atoms with van der Waals surface area (Å²) in [6, 6.07) is 7.37. The molecule has 0 aromatic heterocycles. The van der Waals surface area contributed by atoms with Gasteiger partial charge in [-0.3, -0.25) is 0 Å². The molecule has 1 saturated carbocycles. The molecule has 0 amide bonds. The van der Waals surface area contributed by atoms with Crippen LogP contribution in [0.25, 0.3) is 0 Å². The normalized spacial score (nSPS) is 24.2. The van der Waals surface area contributed by atoms with Crippen LogP contribution in [0.1, 0.15) is 44.2 Å². The molecule has 1 unspecified atom stereocenters. The van der Waals surface area contributed by atoms with Crippen molar-refractivity contribution in [2.45, 2.75) is 52.0 Å².